The van der Waals surface area contributed by atoms with Gasteiger partial charge in [0, 0.05) is 14.1 Å². The molecule has 0 radical (unpaired) electrons. The van der Waals surface area contributed by atoms with Crippen molar-refractivity contribution in [1.82, 2.24) is 4.90 Å². The minimum atomic E-state index is -0.283. The number of amides is 1. The van der Waals surface area contributed by atoms with Crippen molar-refractivity contribution in [3.05, 3.63) is 83.9 Å². The Kier molecular flexibility index (Phi) is 6.70. The molecule has 3 aromatic carbocycles. The lowest BCUT2D eigenvalue weighted by atomic mass is 9.84. The molecule has 0 saturated carbocycles. The monoisotopic (exact) mass is 375 g/mol. The van der Waals surface area contributed by atoms with Gasteiger partial charge in [-0.3, -0.25) is 0 Å². The topological polar surface area (TPSA) is 29.5 Å². The van der Waals surface area contributed by atoms with Gasteiger partial charge in [-0.2, -0.15) is 0 Å². The summed E-state index contributed by atoms with van der Waals surface area (Å²) in [4.78, 5) is 13.2. The largest absolute Gasteiger partial charge is 0.449 e. The first kappa shape index (κ1) is 19.9. The zero-order valence-electron chi connectivity index (χ0n) is 17.0. The van der Waals surface area contributed by atoms with E-state index in [0.29, 0.717) is 18.4 Å². The van der Waals surface area contributed by atoms with Gasteiger partial charge in [-0.05, 0) is 46.6 Å². The van der Waals surface area contributed by atoms with Gasteiger partial charge in [0.1, 0.15) is 0 Å². The number of ether oxygens (including phenoxy) is 1. The second-order valence-electron chi connectivity index (χ2n) is 7.65. The summed E-state index contributed by atoms with van der Waals surface area (Å²) in [5.74, 6) is 0.761. The second kappa shape index (κ2) is 9.41. The number of benzene rings is 3. The smallest absolute Gasteiger partial charge is 0.409 e. The van der Waals surface area contributed by atoms with Crippen LogP contribution in [0.5, 0.6) is 0 Å². The summed E-state index contributed by atoms with van der Waals surface area (Å²) in [5, 5.41) is 2.55. The normalized spacial score (nSPS) is 13.1. The van der Waals surface area contributed by atoms with Crippen molar-refractivity contribution in [3.63, 3.8) is 0 Å². The number of fused-ring (bicyclic) bond motifs is 1. The van der Waals surface area contributed by atoms with E-state index in [9.17, 15) is 4.79 Å². The Bertz CT molecular complexity index is 905. The van der Waals surface area contributed by atoms with E-state index >= 15 is 0 Å². The predicted molar refractivity (Wildman–Crippen MR) is 116 cm³/mol. The van der Waals surface area contributed by atoms with Gasteiger partial charge in [-0.15, -0.1) is 0 Å². The number of rotatable bonds is 7. The summed E-state index contributed by atoms with van der Waals surface area (Å²) in [7, 11) is 3.41. The molecule has 3 aromatic rings. The molecule has 0 aliphatic carbocycles. The van der Waals surface area contributed by atoms with Crippen LogP contribution in [0.2, 0.25) is 0 Å². The summed E-state index contributed by atoms with van der Waals surface area (Å²) in [6.07, 6.45) is 1.55. The summed E-state index contributed by atoms with van der Waals surface area (Å²) in [6, 6.07) is 25.8. The van der Waals surface area contributed by atoms with Crippen LogP contribution >= 0.6 is 0 Å². The van der Waals surface area contributed by atoms with E-state index in [1.54, 1.807) is 14.1 Å². The summed E-state index contributed by atoms with van der Waals surface area (Å²) in [6.45, 7) is 2.72. The molecule has 0 unspecified atom stereocenters. The van der Waals surface area contributed by atoms with E-state index in [2.05, 4.69) is 73.7 Å². The van der Waals surface area contributed by atoms with E-state index in [1.165, 1.54) is 26.8 Å². The van der Waals surface area contributed by atoms with Crippen molar-refractivity contribution in [3.8, 4) is 0 Å². The predicted octanol–water partition coefficient (Wildman–Crippen LogP) is 6.21. The van der Waals surface area contributed by atoms with Gasteiger partial charge >= 0.3 is 6.09 Å². The molecule has 3 heteroatoms. The third-order valence-electron chi connectivity index (χ3n) is 5.31. The Morgan fingerprint density at radius 1 is 0.893 bits per heavy atom. The van der Waals surface area contributed by atoms with E-state index in [0.717, 1.165) is 12.8 Å². The van der Waals surface area contributed by atoms with Gasteiger partial charge < -0.3 is 9.64 Å². The fraction of sp³-hybridized carbons (Fsp3) is 0.320. The molecule has 0 aliphatic heterocycles. The van der Waals surface area contributed by atoms with Gasteiger partial charge in [-0.25, -0.2) is 4.79 Å². The van der Waals surface area contributed by atoms with Gasteiger partial charge in [0.05, 0.1) is 6.61 Å². The third kappa shape index (κ3) is 5.13. The lowest BCUT2D eigenvalue weighted by Gasteiger charge is -2.22. The molecular formula is C25H29NO2. The first-order chi connectivity index (χ1) is 13.5. The van der Waals surface area contributed by atoms with Crippen LogP contribution in [0.4, 0.5) is 4.79 Å². The standard InChI is InChI=1S/C25H29NO2/c1-19(22-14-13-21-11-7-8-12-23(21)18-22)17-24(20-9-5-4-6-10-20)15-16-28-25(27)26(2)3/h4-14,18-19,24H,15-17H2,1-3H3/t19-,24-/m0/s1. The molecule has 0 spiro atoms. The van der Waals surface area contributed by atoms with E-state index in [4.69, 9.17) is 4.74 Å². The highest BCUT2D eigenvalue weighted by Crippen LogP contribution is 2.33. The Morgan fingerprint density at radius 3 is 2.29 bits per heavy atom. The maximum absolute atomic E-state index is 11.7. The van der Waals surface area contributed by atoms with Gasteiger partial charge in [0.2, 0.25) is 0 Å². The van der Waals surface area contributed by atoms with Crippen molar-refractivity contribution in [1.29, 1.82) is 0 Å². The van der Waals surface area contributed by atoms with Crippen LogP contribution in [0, 0.1) is 0 Å². The lowest BCUT2D eigenvalue weighted by Crippen LogP contribution is -2.23. The molecule has 146 valence electrons. The first-order valence-corrected chi connectivity index (χ1v) is 9.92. The molecule has 0 aliphatic rings. The Morgan fingerprint density at radius 2 is 1.57 bits per heavy atom. The molecule has 0 saturated heterocycles. The fourth-order valence-electron chi connectivity index (χ4n) is 3.64. The first-order valence-electron chi connectivity index (χ1n) is 9.92. The van der Waals surface area contributed by atoms with Crippen LogP contribution in [0.25, 0.3) is 10.8 Å². The number of carbonyl (C=O) groups excluding carboxylic acids is 1. The van der Waals surface area contributed by atoms with Gasteiger partial charge in [0.25, 0.3) is 0 Å². The number of hydrogen-bond donors (Lipinski definition) is 0. The zero-order chi connectivity index (χ0) is 19.9. The van der Waals surface area contributed by atoms with Crippen LogP contribution in [-0.4, -0.2) is 31.7 Å². The molecule has 2 atom stereocenters. The lowest BCUT2D eigenvalue weighted by molar-refractivity contribution is 0.114. The zero-order valence-corrected chi connectivity index (χ0v) is 17.0. The number of hydrogen-bond acceptors (Lipinski definition) is 2. The van der Waals surface area contributed by atoms with E-state index < -0.39 is 0 Å². The highest BCUT2D eigenvalue weighted by atomic mass is 16.6. The molecule has 0 N–H and O–H groups in total. The van der Waals surface area contributed by atoms with Crippen molar-refractivity contribution >= 4 is 16.9 Å². The van der Waals surface area contributed by atoms with Gasteiger partial charge in [0.15, 0.2) is 0 Å². The average Bonchev–Trinajstić information content (AvgIpc) is 2.73. The van der Waals surface area contributed by atoms with Crippen LogP contribution < -0.4 is 0 Å². The fourth-order valence-corrected chi connectivity index (χ4v) is 3.64. The molecular weight excluding hydrogens is 346 g/mol. The molecule has 0 bridgehead atoms. The maximum atomic E-state index is 11.7. The second-order valence-corrected chi connectivity index (χ2v) is 7.65. The molecule has 28 heavy (non-hydrogen) atoms. The van der Waals surface area contributed by atoms with Gasteiger partial charge in [-0.1, -0.05) is 79.7 Å². The van der Waals surface area contributed by atoms with E-state index in [1.807, 2.05) is 6.07 Å². The molecule has 3 rings (SSSR count). The minimum absolute atomic E-state index is 0.283. The van der Waals surface area contributed by atoms with Crippen molar-refractivity contribution in [2.24, 2.45) is 0 Å². The van der Waals surface area contributed by atoms with Crippen LogP contribution in [-0.2, 0) is 4.74 Å². The highest BCUT2D eigenvalue weighted by molar-refractivity contribution is 5.83. The van der Waals surface area contributed by atoms with Crippen LogP contribution in [0.1, 0.15) is 42.7 Å². The summed E-state index contributed by atoms with van der Waals surface area (Å²) < 4.78 is 5.39. The summed E-state index contributed by atoms with van der Waals surface area (Å²) >= 11 is 0. The molecule has 1 amide bonds. The minimum Gasteiger partial charge on any atom is -0.449 e. The van der Waals surface area contributed by atoms with Crippen LogP contribution in [0.3, 0.4) is 0 Å². The Labute approximate surface area is 167 Å². The quantitative estimate of drug-likeness (QED) is 0.491. The Balaban J connectivity index is 1.72. The number of nitrogens with zero attached hydrogens (tertiary/aromatic N) is 1. The summed E-state index contributed by atoms with van der Waals surface area (Å²) in [5.41, 5.74) is 2.65. The molecule has 3 nitrogen and oxygen atoms in total. The number of carbonyl (C=O) groups is 1. The molecule has 0 aromatic heterocycles. The molecule has 0 heterocycles. The van der Waals surface area contributed by atoms with Crippen molar-refractivity contribution in [2.45, 2.75) is 31.6 Å². The van der Waals surface area contributed by atoms with Crippen molar-refractivity contribution < 1.29 is 9.53 Å². The third-order valence-corrected chi connectivity index (χ3v) is 5.31. The highest BCUT2D eigenvalue weighted by Gasteiger charge is 2.18. The average molecular weight is 376 g/mol. The maximum Gasteiger partial charge on any atom is 0.409 e. The van der Waals surface area contributed by atoms with E-state index in [-0.39, 0.29) is 6.09 Å². The Hall–Kier alpha value is -2.81. The van der Waals surface area contributed by atoms with Crippen molar-refractivity contribution in [2.75, 3.05) is 20.7 Å². The van der Waals surface area contributed by atoms with Crippen LogP contribution in [0.15, 0.2) is 72.8 Å². The molecule has 0 fully saturated rings. The SMILES string of the molecule is C[C@@H](C[C@H](CCOC(=O)N(C)C)c1ccccc1)c1ccc2ccccc2c1.